The van der Waals surface area contributed by atoms with Crippen molar-refractivity contribution in [3.63, 3.8) is 0 Å². The Labute approximate surface area is 283 Å². The van der Waals surface area contributed by atoms with Crippen molar-refractivity contribution >= 4 is 31.8 Å². The van der Waals surface area contributed by atoms with Crippen molar-refractivity contribution in [3.05, 3.63) is 180 Å². The molecule has 1 N–H and O–H groups in total. The van der Waals surface area contributed by atoms with E-state index in [1.807, 2.05) is 135 Å². The van der Waals surface area contributed by atoms with E-state index in [9.17, 15) is 9.59 Å². The molecule has 2 unspecified atom stereocenters. The summed E-state index contributed by atoms with van der Waals surface area (Å²) in [4.78, 5) is 22.9. The van der Waals surface area contributed by atoms with Gasteiger partial charge in [0.15, 0.2) is 5.78 Å². The molecule has 2 atom stereocenters. The Kier molecular flexibility index (Phi) is 16.4. The normalized spacial score (nSPS) is 11.9. The minimum atomic E-state index is -1.49. The van der Waals surface area contributed by atoms with Gasteiger partial charge < -0.3 is 9.74 Å². The molecule has 244 valence electrons. The molecule has 0 radical (unpaired) electrons. The van der Waals surface area contributed by atoms with E-state index in [-0.39, 0.29) is 25.2 Å². The summed E-state index contributed by atoms with van der Waals surface area (Å²) in [6.45, 7) is 10.6. The van der Waals surface area contributed by atoms with Crippen molar-refractivity contribution in [3.8, 4) is 0 Å². The summed E-state index contributed by atoms with van der Waals surface area (Å²) in [5, 5.41) is 3.52. The van der Waals surface area contributed by atoms with Crippen LogP contribution in [-0.4, -0.2) is 20.4 Å². The molecule has 0 spiro atoms. The summed E-state index contributed by atoms with van der Waals surface area (Å²) < 4.78 is 5.97. The molecule has 0 aliphatic rings. The van der Waals surface area contributed by atoms with Crippen LogP contribution in [0, 0.1) is 5.92 Å². The fourth-order valence-electron chi connectivity index (χ4n) is 4.64. The van der Waals surface area contributed by atoms with Gasteiger partial charge in [-0.2, -0.15) is 0 Å². The van der Waals surface area contributed by atoms with Gasteiger partial charge in [0.25, 0.3) is 0 Å². The zero-order valence-corrected chi connectivity index (χ0v) is 28.5. The lowest BCUT2D eigenvalue weighted by Crippen LogP contribution is -2.25. The molecule has 5 aromatic carbocycles. The van der Waals surface area contributed by atoms with Crippen LogP contribution in [0.25, 0.3) is 5.76 Å². The molecule has 5 heteroatoms. The van der Waals surface area contributed by atoms with E-state index >= 15 is 0 Å². The van der Waals surface area contributed by atoms with E-state index < -0.39 is 8.32 Å². The fraction of sp³-hybridized carbons (Fsp3) is 0.190. The SMILES string of the molecule is C.C/C=C(\O[Si](C)(C)C)c1ccccc1.CC(C(=O)c1ccccc1)C(Nc1ccccc1)c1ccccc1.O=Cc1ccccc1. The fourth-order valence-corrected chi connectivity index (χ4v) is 5.53. The zero-order chi connectivity index (χ0) is 33.2. The van der Waals surface area contributed by atoms with E-state index in [2.05, 4.69) is 49.2 Å². The van der Waals surface area contributed by atoms with Crippen LogP contribution in [-0.2, 0) is 4.43 Å². The molecule has 0 fully saturated rings. The number of carbonyl (C=O) groups excluding carboxylic acids is 2. The van der Waals surface area contributed by atoms with Gasteiger partial charge in [-0.15, -0.1) is 0 Å². The number of benzene rings is 5. The van der Waals surface area contributed by atoms with Crippen molar-refractivity contribution in [2.45, 2.75) is 47.0 Å². The van der Waals surface area contributed by atoms with Gasteiger partial charge in [-0.1, -0.05) is 154 Å². The van der Waals surface area contributed by atoms with Crippen molar-refractivity contribution in [2.75, 3.05) is 5.32 Å². The zero-order valence-electron chi connectivity index (χ0n) is 27.5. The topological polar surface area (TPSA) is 55.4 Å². The standard InChI is InChI=1S/C22H21NO.C12H18OSi.C7H6O.CH4/c1-17(22(24)19-13-7-3-8-14-19)21(18-11-5-2-6-12-18)23-20-15-9-4-10-16-20;1-5-12(13-14(2,3)4)11-9-7-6-8-10-11;8-6-7-4-2-1-3-5-7;/h2-17,21,23H,1H3;5-10H,1-4H3;1-6H;1H4/b;12-5-;;. The molecule has 0 saturated heterocycles. The number of rotatable bonds is 10. The molecule has 0 amide bonds. The second-order valence-corrected chi connectivity index (χ2v) is 16.1. The molecule has 5 aromatic rings. The van der Waals surface area contributed by atoms with Crippen molar-refractivity contribution in [2.24, 2.45) is 5.92 Å². The van der Waals surface area contributed by atoms with Gasteiger partial charge in [0.1, 0.15) is 12.0 Å². The summed E-state index contributed by atoms with van der Waals surface area (Å²) in [7, 11) is -1.49. The molecule has 0 aromatic heterocycles. The monoisotopic (exact) mass is 643 g/mol. The van der Waals surface area contributed by atoms with Gasteiger partial charge >= 0.3 is 0 Å². The molecule has 0 bridgehead atoms. The van der Waals surface area contributed by atoms with Gasteiger partial charge in [-0.3, -0.25) is 9.59 Å². The summed E-state index contributed by atoms with van der Waals surface area (Å²) in [5.41, 5.74) is 4.77. The van der Waals surface area contributed by atoms with Crippen LogP contribution in [0.4, 0.5) is 5.69 Å². The molecule has 4 nitrogen and oxygen atoms in total. The lowest BCUT2D eigenvalue weighted by Gasteiger charge is -2.26. The minimum Gasteiger partial charge on any atom is -0.544 e. The third-order valence-electron chi connectivity index (χ3n) is 6.90. The van der Waals surface area contributed by atoms with Crippen LogP contribution in [0.1, 0.15) is 59.2 Å². The average Bonchev–Trinajstić information content (AvgIpc) is 3.11. The predicted molar refractivity (Wildman–Crippen MR) is 202 cm³/mol. The molecule has 0 heterocycles. The highest BCUT2D eigenvalue weighted by molar-refractivity contribution is 6.70. The van der Waals surface area contributed by atoms with Crippen LogP contribution in [0.15, 0.2) is 158 Å². The van der Waals surface area contributed by atoms with E-state index in [1.165, 1.54) is 0 Å². The first-order valence-electron chi connectivity index (χ1n) is 15.6. The van der Waals surface area contributed by atoms with E-state index in [4.69, 9.17) is 4.43 Å². The van der Waals surface area contributed by atoms with Gasteiger partial charge in [-0.05, 0) is 50.3 Å². The molecule has 0 aliphatic heterocycles. The molecular weight excluding hydrogens is 595 g/mol. The number of aldehydes is 1. The van der Waals surface area contributed by atoms with Crippen molar-refractivity contribution < 1.29 is 14.0 Å². The number of carbonyl (C=O) groups is 2. The molecule has 0 aliphatic carbocycles. The second kappa shape index (κ2) is 20.2. The van der Waals surface area contributed by atoms with Crippen LogP contribution in [0.3, 0.4) is 0 Å². The second-order valence-electron chi connectivity index (χ2n) is 11.7. The largest absolute Gasteiger partial charge is 0.544 e. The summed E-state index contributed by atoms with van der Waals surface area (Å²) in [6.07, 6.45) is 2.87. The average molecular weight is 644 g/mol. The third kappa shape index (κ3) is 13.5. The van der Waals surface area contributed by atoms with E-state index in [0.717, 1.165) is 40.0 Å². The van der Waals surface area contributed by atoms with Crippen molar-refractivity contribution in [1.29, 1.82) is 0 Å². The number of hydrogen-bond acceptors (Lipinski definition) is 4. The maximum atomic E-state index is 12.9. The van der Waals surface area contributed by atoms with Crippen LogP contribution >= 0.6 is 0 Å². The number of nitrogens with one attached hydrogen (secondary N) is 1. The highest BCUT2D eigenvalue weighted by Gasteiger charge is 2.26. The van der Waals surface area contributed by atoms with Crippen LogP contribution in [0.2, 0.25) is 19.6 Å². The first-order chi connectivity index (χ1) is 22.2. The molecular formula is C42H49NO3Si. The Bertz CT molecular complexity index is 1600. The van der Waals surface area contributed by atoms with Gasteiger partial charge in [-0.25, -0.2) is 0 Å². The van der Waals surface area contributed by atoms with Crippen LogP contribution in [0.5, 0.6) is 0 Å². The van der Waals surface area contributed by atoms with E-state index in [0.29, 0.717) is 0 Å². The summed E-state index contributed by atoms with van der Waals surface area (Å²) >= 11 is 0. The van der Waals surface area contributed by atoms with Gasteiger partial charge in [0.05, 0.1) is 6.04 Å². The molecule has 0 saturated carbocycles. The molecule has 47 heavy (non-hydrogen) atoms. The first kappa shape index (κ1) is 38.2. The number of Topliss-reactive ketones (excluding diaryl/α,β-unsaturated/α-hetero) is 1. The van der Waals surface area contributed by atoms with Crippen LogP contribution < -0.4 is 5.32 Å². The maximum Gasteiger partial charge on any atom is 0.242 e. The molecule has 5 rings (SSSR count). The lowest BCUT2D eigenvalue weighted by molar-refractivity contribution is 0.0917. The first-order valence-corrected chi connectivity index (χ1v) is 19.0. The minimum absolute atomic E-state index is 0. The Morgan fingerprint density at radius 2 is 1.09 bits per heavy atom. The Balaban J connectivity index is 0.000000282. The quantitative estimate of drug-likeness (QED) is 0.0712. The van der Waals surface area contributed by atoms with Gasteiger partial charge in [0.2, 0.25) is 8.32 Å². The number of hydrogen-bond donors (Lipinski definition) is 1. The Hall–Kier alpha value is -5.00. The smallest absolute Gasteiger partial charge is 0.242 e. The summed E-state index contributed by atoms with van der Waals surface area (Å²) in [6, 6.07) is 48.9. The number of allylic oxidation sites excluding steroid dienone is 1. The van der Waals surface area contributed by atoms with E-state index in [1.54, 1.807) is 12.1 Å². The Morgan fingerprint density at radius 3 is 1.51 bits per heavy atom. The van der Waals surface area contributed by atoms with Gasteiger partial charge in [0, 0.05) is 28.3 Å². The maximum absolute atomic E-state index is 12.9. The lowest BCUT2D eigenvalue weighted by atomic mass is 9.88. The number of anilines is 1. The number of para-hydroxylation sites is 1. The predicted octanol–water partition coefficient (Wildman–Crippen LogP) is 11.4. The Morgan fingerprint density at radius 1 is 0.660 bits per heavy atom. The third-order valence-corrected chi connectivity index (χ3v) is 7.73. The highest BCUT2D eigenvalue weighted by Crippen LogP contribution is 2.29. The van der Waals surface area contributed by atoms with Crippen molar-refractivity contribution in [1.82, 2.24) is 0 Å². The highest BCUT2D eigenvalue weighted by atomic mass is 28.4. The summed E-state index contributed by atoms with van der Waals surface area (Å²) in [5.74, 6) is 0.965. The number of ketones is 1.